The number of alkyl halides is 3. The summed E-state index contributed by atoms with van der Waals surface area (Å²) in [5.74, 6) is 0.437. The first-order valence-electron chi connectivity index (χ1n) is 8.32. The van der Waals surface area contributed by atoms with Crippen LogP contribution in [0.15, 0.2) is 42.0 Å². The summed E-state index contributed by atoms with van der Waals surface area (Å²) < 4.78 is 38.9. The maximum Gasteiger partial charge on any atom is 0.417 e. The van der Waals surface area contributed by atoms with Gasteiger partial charge in [-0.05, 0) is 30.3 Å². The van der Waals surface area contributed by atoms with Crippen molar-refractivity contribution in [3.63, 3.8) is 0 Å². The highest BCUT2D eigenvalue weighted by atomic mass is 32.1. The van der Waals surface area contributed by atoms with E-state index in [2.05, 4.69) is 9.97 Å². The molecule has 5 nitrogen and oxygen atoms in total. The van der Waals surface area contributed by atoms with Crippen LogP contribution in [-0.4, -0.2) is 47.0 Å². The van der Waals surface area contributed by atoms with Gasteiger partial charge in [-0.25, -0.2) is 9.97 Å². The van der Waals surface area contributed by atoms with Crippen LogP contribution >= 0.6 is 11.3 Å². The fourth-order valence-corrected chi connectivity index (χ4v) is 3.77. The molecular weight excluding hydrogens is 377 g/mol. The highest BCUT2D eigenvalue weighted by Gasteiger charge is 2.31. The molecule has 4 rings (SSSR count). The lowest BCUT2D eigenvalue weighted by Gasteiger charge is -2.35. The van der Waals surface area contributed by atoms with E-state index in [0.717, 1.165) is 22.5 Å². The molecule has 0 unspecified atom stereocenters. The number of rotatable bonds is 2. The van der Waals surface area contributed by atoms with Crippen molar-refractivity contribution < 1.29 is 18.0 Å². The number of amides is 1. The molecular formula is C18H15F3N4OS. The molecule has 3 aromatic rings. The van der Waals surface area contributed by atoms with Crippen LogP contribution in [0.5, 0.6) is 0 Å². The van der Waals surface area contributed by atoms with Gasteiger partial charge in [0, 0.05) is 37.9 Å². The quantitative estimate of drug-likeness (QED) is 0.668. The number of pyridine rings is 1. The smallest absolute Gasteiger partial charge is 0.353 e. The predicted molar refractivity (Wildman–Crippen MR) is 97.0 cm³/mol. The van der Waals surface area contributed by atoms with Crippen molar-refractivity contribution in [1.82, 2.24) is 14.9 Å². The maximum absolute atomic E-state index is 12.7. The third kappa shape index (κ3) is 3.59. The van der Waals surface area contributed by atoms with Gasteiger partial charge in [0.25, 0.3) is 5.91 Å². The number of hydrogen-bond donors (Lipinski definition) is 0. The van der Waals surface area contributed by atoms with E-state index in [9.17, 15) is 18.0 Å². The number of thiazole rings is 1. The second-order valence-corrected chi connectivity index (χ2v) is 7.10. The van der Waals surface area contributed by atoms with E-state index in [0.29, 0.717) is 37.6 Å². The normalized spacial score (nSPS) is 15.4. The summed E-state index contributed by atoms with van der Waals surface area (Å²) in [6.45, 7) is 2.02. The van der Waals surface area contributed by atoms with Crippen LogP contribution in [0.4, 0.5) is 19.0 Å². The molecule has 1 saturated heterocycles. The van der Waals surface area contributed by atoms with E-state index in [-0.39, 0.29) is 5.91 Å². The van der Waals surface area contributed by atoms with Crippen molar-refractivity contribution in [3.8, 4) is 0 Å². The monoisotopic (exact) mass is 392 g/mol. The minimum atomic E-state index is -4.39. The number of anilines is 1. The lowest BCUT2D eigenvalue weighted by molar-refractivity contribution is -0.137. The number of hydrogen-bond acceptors (Lipinski definition) is 5. The van der Waals surface area contributed by atoms with Crippen molar-refractivity contribution in [1.29, 1.82) is 0 Å². The summed E-state index contributed by atoms with van der Waals surface area (Å²) in [5, 5.41) is 0. The Labute approximate surface area is 157 Å². The van der Waals surface area contributed by atoms with Crippen LogP contribution in [0.1, 0.15) is 15.9 Å². The SMILES string of the molecule is O=C(c1ccc2ncsc2c1)N1CCN(c2ccc(C(F)(F)F)cn2)CC1. The van der Waals surface area contributed by atoms with E-state index in [1.807, 2.05) is 17.0 Å². The molecule has 1 aromatic carbocycles. The summed E-state index contributed by atoms with van der Waals surface area (Å²) in [7, 11) is 0. The molecule has 0 saturated carbocycles. The number of carbonyl (C=O) groups is 1. The zero-order valence-corrected chi connectivity index (χ0v) is 14.9. The minimum Gasteiger partial charge on any atom is -0.353 e. The Kier molecular flexibility index (Phi) is 4.47. The third-order valence-corrected chi connectivity index (χ3v) is 5.34. The van der Waals surface area contributed by atoms with Gasteiger partial charge in [0.1, 0.15) is 5.82 Å². The Morgan fingerprint density at radius 1 is 1.04 bits per heavy atom. The fraction of sp³-hybridized carbons (Fsp3) is 0.278. The van der Waals surface area contributed by atoms with Crippen molar-refractivity contribution in [3.05, 3.63) is 53.2 Å². The minimum absolute atomic E-state index is 0.0506. The number of halogens is 3. The second kappa shape index (κ2) is 6.80. The van der Waals surface area contributed by atoms with Crippen molar-refractivity contribution in [2.45, 2.75) is 6.18 Å². The molecule has 0 bridgehead atoms. The van der Waals surface area contributed by atoms with E-state index in [4.69, 9.17) is 0 Å². The second-order valence-electron chi connectivity index (χ2n) is 6.22. The first-order chi connectivity index (χ1) is 12.9. The summed E-state index contributed by atoms with van der Waals surface area (Å²) in [5.41, 5.74) is 2.47. The first-order valence-corrected chi connectivity index (χ1v) is 9.20. The largest absolute Gasteiger partial charge is 0.417 e. The molecule has 0 spiro atoms. The molecule has 140 valence electrons. The molecule has 2 aromatic heterocycles. The molecule has 0 aliphatic carbocycles. The Hall–Kier alpha value is -2.68. The van der Waals surface area contributed by atoms with Crippen LogP contribution in [0, 0.1) is 0 Å². The van der Waals surface area contributed by atoms with Gasteiger partial charge in [0.15, 0.2) is 0 Å². The maximum atomic E-state index is 12.7. The Balaban J connectivity index is 1.41. The molecule has 1 aliphatic heterocycles. The van der Waals surface area contributed by atoms with Gasteiger partial charge in [0.05, 0.1) is 21.3 Å². The molecule has 1 fully saturated rings. The van der Waals surface area contributed by atoms with Gasteiger partial charge < -0.3 is 9.80 Å². The number of carbonyl (C=O) groups excluding carboxylic acids is 1. The summed E-state index contributed by atoms with van der Waals surface area (Å²) >= 11 is 1.49. The molecule has 0 atom stereocenters. The van der Waals surface area contributed by atoms with Crippen LogP contribution < -0.4 is 4.90 Å². The van der Waals surface area contributed by atoms with Crippen LogP contribution in [0.3, 0.4) is 0 Å². The summed E-state index contributed by atoms with van der Waals surface area (Å²) in [4.78, 5) is 24.5. The summed E-state index contributed by atoms with van der Waals surface area (Å²) in [6, 6.07) is 7.86. The zero-order chi connectivity index (χ0) is 19.0. The molecule has 9 heteroatoms. The van der Waals surface area contributed by atoms with E-state index in [1.165, 1.54) is 17.4 Å². The lowest BCUT2D eigenvalue weighted by Crippen LogP contribution is -2.49. The lowest BCUT2D eigenvalue weighted by atomic mass is 10.1. The van der Waals surface area contributed by atoms with Gasteiger partial charge in [0.2, 0.25) is 0 Å². The van der Waals surface area contributed by atoms with Gasteiger partial charge in [-0.2, -0.15) is 13.2 Å². The highest BCUT2D eigenvalue weighted by Crippen LogP contribution is 2.29. The number of benzene rings is 1. The Morgan fingerprint density at radius 3 is 2.48 bits per heavy atom. The molecule has 1 aliphatic rings. The van der Waals surface area contributed by atoms with Crippen molar-refractivity contribution in [2.75, 3.05) is 31.1 Å². The topological polar surface area (TPSA) is 49.3 Å². The Bertz CT molecular complexity index is 963. The molecule has 0 radical (unpaired) electrons. The highest BCUT2D eigenvalue weighted by molar-refractivity contribution is 7.16. The van der Waals surface area contributed by atoms with Gasteiger partial charge >= 0.3 is 6.18 Å². The number of piperazine rings is 1. The zero-order valence-electron chi connectivity index (χ0n) is 14.1. The van der Waals surface area contributed by atoms with Crippen LogP contribution in [0.2, 0.25) is 0 Å². The van der Waals surface area contributed by atoms with Crippen molar-refractivity contribution in [2.24, 2.45) is 0 Å². The van der Waals surface area contributed by atoms with Crippen molar-refractivity contribution >= 4 is 33.3 Å². The fourth-order valence-electron chi connectivity index (χ4n) is 3.05. The number of aromatic nitrogens is 2. The van der Waals surface area contributed by atoms with Gasteiger partial charge in [-0.3, -0.25) is 4.79 Å². The first kappa shape index (κ1) is 17.7. The molecule has 27 heavy (non-hydrogen) atoms. The standard InChI is InChI=1S/C18H15F3N4OS/c19-18(20,21)13-2-4-16(22-10-13)24-5-7-25(8-6-24)17(26)12-1-3-14-15(9-12)27-11-23-14/h1-4,9-11H,5-8H2. The average molecular weight is 392 g/mol. The Morgan fingerprint density at radius 2 is 1.81 bits per heavy atom. The summed E-state index contributed by atoms with van der Waals surface area (Å²) in [6.07, 6.45) is -3.55. The third-order valence-electron chi connectivity index (χ3n) is 4.54. The predicted octanol–water partition coefficient (Wildman–Crippen LogP) is 3.67. The molecule has 1 amide bonds. The van der Waals surface area contributed by atoms with Gasteiger partial charge in [-0.15, -0.1) is 11.3 Å². The molecule has 0 N–H and O–H groups in total. The number of fused-ring (bicyclic) bond motifs is 1. The molecule has 3 heterocycles. The average Bonchev–Trinajstić information content (AvgIpc) is 3.15. The van der Waals surface area contributed by atoms with Gasteiger partial charge in [-0.1, -0.05) is 0 Å². The number of nitrogens with zero attached hydrogens (tertiary/aromatic N) is 4. The van der Waals surface area contributed by atoms with E-state index < -0.39 is 11.7 Å². The van der Waals surface area contributed by atoms with Crippen LogP contribution in [0.25, 0.3) is 10.2 Å². The van der Waals surface area contributed by atoms with Crippen LogP contribution in [-0.2, 0) is 6.18 Å². The van der Waals surface area contributed by atoms with E-state index in [1.54, 1.807) is 16.5 Å². The van der Waals surface area contributed by atoms with E-state index >= 15 is 0 Å².